The number of carbonyl (C=O) groups is 2. The predicted octanol–water partition coefficient (Wildman–Crippen LogP) is 2.80. The van der Waals surface area contributed by atoms with Gasteiger partial charge in [0, 0.05) is 13.6 Å². The van der Waals surface area contributed by atoms with Gasteiger partial charge >= 0.3 is 0 Å². The molecule has 0 aliphatic carbocycles. The Labute approximate surface area is 166 Å². The molecule has 28 heavy (non-hydrogen) atoms. The van der Waals surface area contributed by atoms with Crippen molar-refractivity contribution in [3.63, 3.8) is 0 Å². The summed E-state index contributed by atoms with van der Waals surface area (Å²) in [7, 11) is 4.80. The first-order valence-electron chi connectivity index (χ1n) is 9.29. The van der Waals surface area contributed by atoms with Crippen molar-refractivity contribution in [1.82, 2.24) is 10.2 Å². The van der Waals surface area contributed by atoms with Crippen LogP contribution in [0.25, 0.3) is 0 Å². The molecule has 1 N–H and O–H groups in total. The van der Waals surface area contributed by atoms with E-state index in [4.69, 9.17) is 9.47 Å². The third kappa shape index (κ3) is 5.49. The molecule has 0 saturated carbocycles. The lowest BCUT2D eigenvalue weighted by molar-refractivity contribution is -0.140. The third-order valence-electron chi connectivity index (χ3n) is 4.66. The van der Waals surface area contributed by atoms with Crippen LogP contribution in [0.2, 0.25) is 0 Å². The molecule has 0 spiro atoms. The van der Waals surface area contributed by atoms with Crippen LogP contribution < -0.4 is 14.8 Å². The van der Waals surface area contributed by atoms with Crippen molar-refractivity contribution in [2.75, 3.05) is 21.3 Å². The number of nitrogens with zero attached hydrogens (tertiary/aromatic N) is 1. The Balaban J connectivity index is 2.24. The van der Waals surface area contributed by atoms with Crippen LogP contribution in [0.4, 0.5) is 0 Å². The van der Waals surface area contributed by atoms with E-state index in [0.717, 1.165) is 22.6 Å². The highest BCUT2D eigenvalue weighted by Crippen LogP contribution is 2.18. The summed E-state index contributed by atoms with van der Waals surface area (Å²) in [6.45, 7) is 2.26. The smallest absolute Gasteiger partial charge is 0.242 e. The Morgan fingerprint density at radius 2 is 1.43 bits per heavy atom. The summed E-state index contributed by atoms with van der Waals surface area (Å²) >= 11 is 0. The van der Waals surface area contributed by atoms with E-state index in [2.05, 4.69) is 5.32 Å². The van der Waals surface area contributed by atoms with E-state index in [1.54, 1.807) is 26.2 Å². The van der Waals surface area contributed by atoms with Gasteiger partial charge in [-0.25, -0.2) is 0 Å². The lowest BCUT2D eigenvalue weighted by Crippen LogP contribution is -2.48. The number of benzene rings is 2. The van der Waals surface area contributed by atoms with Crippen LogP contribution in [0.3, 0.4) is 0 Å². The van der Waals surface area contributed by atoms with Crippen molar-refractivity contribution < 1.29 is 19.1 Å². The number of hydrogen-bond donors (Lipinski definition) is 1. The zero-order valence-electron chi connectivity index (χ0n) is 16.9. The monoisotopic (exact) mass is 384 g/mol. The summed E-state index contributed by atoms with van der Waals surface area (Å²) in [4.78, 5) is 27.1. The van der Waals surface area contributed by atoms with Gasteiger partial charge in [-0.05, 0) is 41.8 Å². The van der Waals surface area contributed by atoms with Crippen LogP contribution in [0.5, 0.6) is 11.5 Å². The first-order chi connectivity index (χ1) is 13.5. The fourth-order valence-corrected chi connectivity index (χ4v) is 3.03. The van der Waals surface area contributed by atoms with Gasteiger partial charge in [-0.3, -0.25) is 9.59 Å². The predicted molar refractivity (Wildman–Crippen MR) is 108 cm³/mol. The molecule has 0 aliphatic heterocycles. The maximum atomic E-state index is 13.1. The van der Waals surface area contributed by atoms with Crippen LogP contribution in [-0.4, -0.2) is 44.0 Å². The average molecular weight is 384 g/mol. The first kappa shape index (κ1) is 21.3. The van der Waals surface area contributed by atoms with Crippen molar-refractivity contribution in [3.8, 4) is 11.5 Å². The summed E-state index contributed by atoms with van der Waals surface area (Å²) in [6, 6.07) is 14.4. The topological polar surface area (TPSA) is 67.9 Å². The maximum absolute atomic E-state index is 13.1. The maximum Gasteiger partial charge on any atom is 0.242 e. The van der Waals surface area contributed by atoms with E-state index in [1.807, 2.05) is 55.5 Å². The number of methoxy groups -OCH3 is 2. The number of rotatable bonds is 9. The molecule has 0 radical (unpaired) electrons. The summed E-state index contributed by atoms with van der Waals surface area (Å²) in [5.41, 5.74) is 1.81. The minimum atomic E-state index is -0.530. The molecule has 6 heteroatoms. The zero-order valence-corrected chi connectivity index (χ0v) is 16.9. The van der Waals surface area contributed by atoms with Crippen molar-refractivity contribution in [2.45, 2.75) is 32.4 Å². The van der Waals surface area contributed by atoms with Crippen molar-refractivity contribution in [1.29, 1.82) is 0 Å². The molecule has 1 atom stereocenters. The highest BCUT2D eigenvalue weighted by molar-refractivity contribution is 5.88. The Kier molecular flexibility index (Phi) is 7.87. The van der Waals surface area contributed by atoms with Gasteiger partial charge in [0.2, 0.25) is 11.8 Å². The van der Waals surface area contributed by atoms with Crippen LogP contribution in [0, 0.1) is 0 Å². The Bertz CT molecular complexity index is 772. The average Bonchev–Trinajstić information content (AvgIpc) is 2.74. The van der Waals surface area contributed by atoms with Gasteiger partial charge in [-0.1, -0.05) is 31.2 Å². The van der Waals surface area contributed by atoms with Crippen molar-refractivity contribution in [2.24, 2.45) is 0 Å². The highest BCUT2D eigenvalue weighted by Gasteiger charge is 2.28. The molecule has 0 saturated heterocycles. The number of nitrogens with one attached hydrogen (secondary N) is 1. The molecule has 1 unspecified atom stereocenters. The Morgan fingerprint density at radius 1 is 0.929 bits per heavy atom. The first-order valence-corrected chi connectivity index (χ1v) is 9.29. The van der Waals surface area contributed by atoms with E-state index in [9.17, 15) is 9.59 Å². The number of likely N-dealkylation sites (N-methyl/N-ethyl adjacent to an activating group) is 1. The lowest BCUT2D eigenvalue weighted by Gasteiger charge is -2.30. The Hall–Kier alpha value is -3.02. The van der Waals surface area contributed by atoms with Crippen LogP contribution >= 0.6 is 0 Å². The quantitative estimate of drug-likeness (QED) is 0.722. The molecule has 2 aromatic carbocycles. The molecule has 0 aliphatic rings. The summed E-state index contributed by atoms with van der Waals surface area (Å²) in [5.74, 6) is 1.22. The number of hydrogen-bond acceptors (Lipinski definition) is 4. The molecule has 0 heterocycles. The highest BCUT2D eigenvalue weighted by atomic mass is 16.5. The van der Waals surface area contributed by atoms with Gasteiger partial charge < -0.3 is 19.7 Å². The van der Waals surface area contributed by atoms with E-state index >= 15 is 0 Å². The number of amides is 2. The van der Waals surface area contributed by atoms with Crippen LogP contribution in [0.1, 0.15) is 24.5 Å². The van der Waals surface area contributed by atoms with Crippen molar-refractivity contribution >= 4 is 11.8 Å². The van der Waals surface area contributed by atoms with Crippen LogP contribution in [0.15, 0.2) is 48.5 Å². The van der Waals surface area contributed by atoms with Crippen molar-refractivity contribution in [3.05, 3.63) is 59.7 Å². The molecular formula is C22H28N2O4. The molecule has 6 nitrogen and oxygen atoms in total. The zero-order chi connectivity index (χ0) is 20.5. The second-order valence-electron chi connectivity index (χ2n) is 6.43. The largest absolute Gasteiger partial charge is 0.497 e. The second-order valence-corrected chi connectivity index (χ2v) is 6.43. The Morgan fingerprint density at radius 3 is 1.86 bits per heavy atom. The van der Waals surface area contributed by atoms with Crippen LogP contribution in [-0.2, 0) is 22.6 Å². The molecule has 0 fully saturated rings. The fraction of sp³-hybridized carbons (Fsp3) is 0.364. The van der Waals surface area contributed by atoms with Gasteiger partial charge in [0.15, 0.2) is 0 Å². The van der Waals surface area contributed by atoms with E-state index in [1.165, 1.54) is 0 Å². The second kappa shape index (κ2) is 10.3. The van der Waals surface area contributed by atoms with E-state index in [-0.39, 0.29) is 18.2 Å². The van der Waals surface area contributed by atoms with Gasteiger partial charge in [-0.15, -0.1) is 0 Å². The van der Waals surface area contributed by atoms with Gasteiger partial charge in [-0.2, -0.15) is 0 Å². The van der Waals surface area contributed by atoms with E-state index < -0.39 is 6.04 Å². The molecule has 2 rings (SSSR count). The summed E-state index contributed by atoms with van der Waals surface area (Å²) in [6.07, 6.45) is 0.748. The molecule has 0 bridgehead atoms. The lowest BCUT2D eigenvalue weighted by atomic mass is 10.1. The fourth-order valence-electron chi connectivity index (χ4n) is 3.03. The molecule has 2 aromatic rings. The van der Waals surface area contributed by atoms with E-state index in [0.29, 0.717) is 13.0 Å². The number of ether oxygens (including phenoxy) is 2. The molecule has 150 valence electrons. The molecule has 2 amide bonds. The van der Waals surface area contributed by atoms with Gasteiger partial charge in [0.1, 0.15) is 17.5 Å². The SMILES string of the molecule is CCC(C(=O)NC)N(Cc1ccc(OC)cc1)C(=O)Cc1ccc(OC)cc1. The van der Waals surface area contributed by atoms with Gasteiger partial charge in [0.05, 0.1) is 20.6 Å². The molecular weight excluding hydrogens is 356 g/mol. The summed E-state index contributed by atoms with van der Waals surface area (Å²) < 4.78 is 10.4. The normalized spacial score (nSPS) is 11.4. The molecule has 0 aromatic heterocycles. The summed E-state index contributed by atoms with van der Waals surface area (Å²) in [5, 5.41) is 2.66. The standard InChI is InChI=1S/C22H28N2O4/c1-5-20(22(26)23-2)24(15-17-8-12-19(28-4)13-9-17)21(25)14-16-6-10-18(27-3)11-7-16/h6-13,20H,5,14-15H2,1-4H3,(H,23,26). The number of carbonyl (C=O) groups excluding carboxylic acids is 2. The van der Waals surface area contributed by atoms with Gasteiger partial charge in [0.25, 0.3) is 0 Å². The minimum absolute atomic E-state index is 0.101. The third-order valence-corrected chi connectivity index (χ3v) is 4.66. The minimum Gasteiger partial charge on any atom is -0.497 e.